The van der Waals surface area contributed by atoms with Gasteiger partial charge in [-0.1, -0.05) is 95.2 Å². The van der Waals surface area contributed by atoms with Crippen LogP contribution in [-0.4, -0.2) is 245 Å². The van der Waals surface area contributed by atoms with Gasteiger partial charge >= 0.3 is 0 Å². The van der Waals surface area contributed by atoms with Gasteiger partial charge in [0.05, 0.1) is 12.6 Å². The molecule has 24 nitrogen and oxygen atoms in total. The van der Waals surface area contributed by atoms with Crippen molar-refractivity contribution in [3.63, 3.8) is 0 Å². The van der Waals surface area contributed by atoms with Crippen LogP contribution in [0.5, 0.6) is 0 Å². The Hall–Kier alpha value is -5.82. The predicted molar refractivity (Wildman–Crippen MR) is 335 cm³/mol. The molecule has 1 saturated heterocycles. The minimum absolute atomic E-state index is 0.000306. The average molecular weight is 1240 g/mol. The Labute approximate surface area is 517 Å². The van der Waals surface area contributed by atoms with E-state index in [1.165, 1.54) is 99.4 Å². The zero-order valence-corrected chi connectivity index (χ0v) is 56.7. The number of amides is 11. The number of rotatable bonds is 17. The van der Waals surface area contributed by atoms with E-state index in [4.69, 9.17) is 5.73 Å². The van der Waals surface area contributed by atoms with Crippen LogP contribution in [0, 0.1) is 35.5 Å². The van der Waals surface area contributed by atoms with Crippen molar-refractivity contribution in [2.75, 3.05) is 73.9 Å². The molecule has 0 saturated carbocycles. The molecule has 1 aliphatic heterocycles. The first kappa shape index (κ1) is 78.2. The van der Waals surface area contributed by atoms with E-state index in [9.17, 15) is 43.5 Å². The molecular formula is C61H110N12O12S. The van der Waals surface area contributed by atoms with Crippen molar-refractivity contribution < 1.29 is 57.8 Å². The Bertz CT molecular complexity index is 2340. The summed E-state index contributed by atoms with van der Waals surface area (Å²) < 4.78 is 0. The van der Waals surface area contributed by atoms with E-state index in [1.807, 2.05) is 41.5 Å². The van der Waals surface area contributed by atoms with Gasteiger partial charge in [-0.25, -0.2) is 0 Å². The molecule has 7 N–H and O–H groups in total. The summed E-state index contributed by atoms with van der Waals surface area (Å²) in [6.45, 7) is 25.7. The molecule has 0 bridgehead atoms. The summed E-state index contributed by atoms with van der Waals surface area (Å²) in [5.41, 5.74) is 5.88. The maximum Gasteiger partial charge on any atom is 0.246 e. The molecule has 1 rings (SSSR count). The van der Waals surface area contributed by atoms with E-state index in [-0.39, 0.29) is 55.7 Å². The van der Waals surface area contributed by atoms with E-state index in [0.29, 0.717) is 12.2 Å². The molecule has 1 heterocycles. The number of thioether (sulfide) groups is 1. The molecule has 0 radical (unpaired) electrons. The maximum absolute atomic E-state index is 15.2. The van der Waals surface area contributed by atoms with Crippen LogP contribution in [0.3, 0.4) is 0 Å². The van der Waals surface area contributed by atoms with Crippen molar-refractivity contribution in [2.45, 2.75) is 202 Å². The lowest BCUT2D eigenvalue weighted by Crippen LogP contribution is -2.64. The molecule has 1 aliphatic rings. The van der Waals surface area contributed by atoms with Crippen molar-refractivity contribution in [3.05, 3.63) is 12.2 Å². The third-order valence-electron chi connectivity index (χ3n) is 15.9. The molecule has 86 heavy (non-hydrogen) atoms. The van der Waals surface area contributed by atoms with E-state index >= 15 is 14.4 Å². The van der Waals surface area contributed by atoms with Crippen LogP contribution >= 0.6 is 11.8 Å². The molecule has 0 aromatic carbocycles. The molecule has 12 atom stereocenters. The highest BCUT2D eigenvalue weighted by molar-refractivity contribution is 7.99. The third kappa shape index (κ3) is 22.1. The van der Waals surface area contributed by atoms with Gasteiger partial charge in [0.2, 0.25) is 65.0 Å². The van der Waals surface area contributed by atoms with Crippen molar-refractivity contribution in [2.24, 2.45) is 41.2 Å². The Morgan fingerprint density at radius 1 is 0.535 bits per heavy atom. The lowest BCUT2D eigenvalue weighted by molar-refractivity contribution is -0.157. The summed E-state index contributed by atoms with van der Waals surface area (Å²) in [4.78, 5) is 169. The van der Waals surface area contributed by atoms with Gasteiger partial charge in [0.25, 0.3) is 0 Å². The number of likely N-dealkylation sites (N-methyl/N-ethyl adjacent to an activating group) is 7. The van der Waals surface area contributed by atoms with Gasteiger partial charge < -0.3 is 66.4 Å². The topological polar surface area (TPSA) is 305 Å². The molecule has 0 spiro atoms. The van der Waals surface area contributed by atoms with Crippen LogP contribution in [0.1, 0.15) is 136 Å². The number of carbonyl (C=O) groups excluding carboxylic acids is 11. The first-order valence-corrected chi connectivity index (χ1v) is 31.6. The lowest BCUT2D eigenvalue weighted by Gasteiger charge is -2.41. The second-order valence-corrected chi connectivity index (χ2v) is 26.5. The maximum atomic E-state index is 15.2. The number of hydrogen-bond acceptors (Lipinski definition) is 14. The number of nitrogens with zero attached hydrogens (tertiary/aromatic N) is 7. The second kappa shape index (κ2) is 36.5. The fourth-order valence-electron chi connectivity index (χ4n) is 10.5. The lowest BCUT2D eigenvalue weighted by atomic mass is 9.91. The van der Waals surface area contributed by atoms with Gasteiger partial charge in [-0.2, -0.15) is 11.8 Å². The third-order valence-corrected chi connectivity index (χ3v) is 17.0. The van der Waals surface area contributed by atoms with Gasteiger partial charge in [0.1, 0.15) is 60.4 Å². The predicted octanol–water partition coefficient (Wildman–Crippen LogP) is 1.91. The second-order valence-electron chi connectivity index (χ2n) is 25.3. The molecule has 0 aromatic heterocycles. The zero-order valence-electron chi connectivity index (χ0n) is 55.9. The van der Waals surface area contributed by atoms with Crippen LogP contribution in [0.2, 0.25) is 0 Å². The highest BCUT2D eigenvalue weighted by Gasteiger charge is 2.46. The van der Waals surface area contributed by atoms with E-state index < -0.39 is 156 Å². The average Bonchev–Trinajstić information content (AvgIpc) is 1.61. The van der Waals surface area contributed by atoms with Crippen LogP contribution in [0.15, 0.2) is 12.2 Å². The quantitative estimate of drug-likeness (QED) is 0.0896. The number of allylic oxidation sites excluding steroid dienone is 2. The standard InChI is InChI=1S/C61H110N12O12S/c1-23-25-26-39(13)51(75)50-54(78)65-42(24-2)56(80)71(20)46(33-86-28-27-62)59(83)68(17)43(29-34(3)4)53(77)66-48(37(9)10)60(84)67(16)32-47(74)63-40(14)52(76)64-41(15)55(79)69(18)44(30-35(5)6)57(81)70(19)45(31-36(7)8)58(82)72(21)49(38(11)12)61(85)73(50)22/h23,25,34-46,48-51,75H,24,26-33,62H2,1-22H3,(H,63,74)(H,64,76)(H,65,78)(H,66,77)/b25-23+/t39-,40+,41-,42+,43+,44+,45+,46-,48+,49+,50+,51-/m1/s1. The van der Waals surface area contributed by atoms with Gasteiger partial charge in [0, 0.05) is 67.4 Å². The molecular weight excluding hydrogens is 1120 g/mol. The summed E-state index contributed by atoms with van der Waals surface area (Å²) in [6, 6.07) is -12.5. The molecule has 25 heteroatoms. The first-order chi connectivity index (χ1) is 39.9. The smallest absolute Gasteiger partial charge is 0.246 e. The first-order valence-electron chi connectivity index (χ1n) is 30.5. The van der Waals surface area contributed by atoms with Gasteiger partial charge in [-0.15, -0.1) is 0 Å². The van der Waals surface area contributed by atoms with Crippen LogP contribution in [-0.2, 0) is 52.7 Å². The largest absolute Gasteiger partial charge is 0.390 e. The number of nitrogens with two attached hydrogens (primary N) is 1. The van der Waals surface area contributed by atoms with Crippen LogP contribution < -0.4 is 27.0 Å². The molecule has 1 fully saturated rings. The van der Waals surface area contributed by atoms with Crippen molar-refractivity contribution >= 4 is 76.7 Å². The summed E-state index contributed by atoms with van der Waals surface area (Å²) in [7, 11) is 9.88. The minimum Gasteiger partial charge on any atom is -0.390 e. The van der Waals surface area contributed by atoms with Gasteiger partial charge in [0.15, 0.2) is 0 Å². The van der Waals surface area contributed by atoms with E-state index in [1.54, 1.807) is 60.6 Å². The fourth-order valence-corrected chi connectivity index (χ4v) is 11.4. The summed E-state index contributed by atoms with van der Waals surface area (Å²) >= 11 is 1.30. The van der Waals surface area contributed by atoms with Crippen LogP contribution in [0.4, 0.5) is 0 Å². The number of hydrogen-bond donors (Lipinski definition) is 6. The summed E-state index contributed by atoms with van der Waals surface area (Å²) in [5.74, 6) is -9.36. The molecule has 0 unspecified atom stereocenters. The Morgan fingerprint density at radius 2 is 1.00 bits per heavy atom. The number of nitrogens with one attached hydrogen (secondary N) is 4. The zero-order chi connectivity index (χ0) is 66.5. The number of aliphatic hydroxyl groups is 1. The molecule has 11 amide bonds. The Kier molecular flexibility index (Phi) is 33.2. The van der Waals surface area contributed by atoms with Crippen molar-refractivity contribution in [1.82, 2.24) is 55.6 Å². The van der Waals surface area contributed by atoms with Gasteiger partial charge in [-0.3, -0.25) is 52.7 Å². The van der Waals surface area contributed by atoms with Crippen LogP contribution in [0.25, 0.3) is 0 Å². The minimum atomic E-state index is -1.63. The van der Waals surface area contributed by atoms with Gasteiger partial charge in [-0.05, 0) is 88.4 Å². The SMILES string of the molecule is C/C=C/C[C@@H](C)[C@@H](O)[C@H]1C(=O)N[C@@H](CC)C(=O)N(C)[C@H](CSCCN)C(=O)N(C)[C@@H](CC(C)C)C(=O)N[C@@H](C(C)C)C(=O)N(C)CC(=O)N[C@@H](C)C(=O)N[C@H](C)C(=O)N(C)[C@@H](CC(C)C)C(=O)N(C)[C@@H](CC(C)C)C(=O)N(C)[C@@H](C(C)C)C(=O)N1C. The Balaban J connectivity index is 4.38. The van der Waals surface area contributed by atoms with Crippen molar-refractivity contribution in [1.29, 1.82) is 0 Å². The monoisotopic (exact) mass is 1230 g/mol. The number of carbonyl (C=O) groups is 11. The Morgan fingerprint density at radius 3 is 1.48 bits per heavy atom. The normalized spacial score (nSPS) is 26.7. The summed E-state index contributed by atoms with van der Waals surface area (Å²) in [5, 5.41) is 23.0. The van der Waals surface area contributed by atoms with E-state index in [2.05, 4.69) is 21.3 Å². The molecule has 0 aromatic rings. The fraction of sp³-hybridized carbons (Fsp3) is 0.787. The molecule has 0 aliphatic carbocycles. The summed E-state index contributed by atoms with van der Waals surface area (Å²) in [6.07, 6.45) is 2.80. The van der Waals surface area contributed by atoms with E-state index in [0.717, 1.165) is 9.80 Å². The molecule has 492 valence electrons. The van der Waals surface area contributed by atoms with Crippen molar-refractivity contribution in [3.8, 4) is 0 Å². The highest BCUT2D eigenvalue weighted by Crippen LogP contribution is 2.26. The number of aliphatic hydroxyl groups excluding tert-OH is 1. The highest BCUT2D eigenvalue weighted by atomic mass is 32.2.